The van der Waals surface area contributed by atoms with Gasteiger partial charge in [-0.2, -0.15) is 15.2 Å². The van der Waals surface area contributed by atoms with Crippen molar-refractivity contribution in [1.82, 2.24) is 19.8 Å². The number of benzene rings is 2. The van der Waals surface area contributed by atoms with Crippen LogP contribution in [0, 0.1) is 11.3 Å². The van der Waals surface area contributed by atoms with Gasteiger partial charge >= 0.3 is 6.01 Å². The maximum atomic E-state index is 12.6. The zero-order valence-corrected chi connectivity index (χ0v) is 26.4. The summed E-state index contributed by atoms with van der Waals surface area (Å²) in [5.41, 5.74) is 3.30. The average molecular weight is 610 g/mol. The number of hydrogen-bond donors (Lipinski definition) is 0. The molecule has 1 aromatic heterocycles. The van der Waals surface area contributed by atoms with E-state index in [0.29, 0.717) is 38.2 Å². The van der Waals surface area contributed by atoms with Crippen LogP contribution in [0.1, 0.15) is 37.4 Å². The lowest BCUT2D eigenvalue weighted by atomic mass is 9.88. The number of ether oxygens (including phenoxy) is 2. The van der Waals surface area contributed by atoms with Gasteiger partial charge in [-0.15, -0.1) is 0 Å². The van der Waals surface area contributed by atoms with E-state index in [1.54, 1.807) is 12.0 Å². The molecule has 1 amide bonds. The minimum Gasteiger partial charge on any atom is -0.460 e. The van der Waals surface area contributed by atoms with E-state index < -0.39 is 0 Å². The number of nitrogens with zero attached hydrogens (tertiary/aromatic N) is 7. The number of rotatable bonds is 11. The van der Waals surface area contributed by atoms with Crippen LogP contribution < -0.4 is 14.5 Å². The lowest BCUT2D eigenvalue weighted by Crippen LogP contribution is -2.55. The fraction of sp³-hybridized carbons (Fsp3) is 0.486. The number of amides is 1. The molecule has 0 unspecified atom stereocenters. The summed E-state index contributed by atoms with van der Waals surface area (Å²) in [6, 6.07) is 17.9. The molecule has 1 aliphatic carbocycles. The largest absolute Gasteiger partial charge is 0.460 e. The lowest BCUT2D eigenvalue weighted by Gasteiger charge is -2.43. The van der Waals surface area contributed by atoms with Gasteiger partial charge in [0.05, 0.1) is 37.4 Å². The topological polar surface area (TPSA) is 98.1 Å². The van der Waals surface area contributed by atoms with Crippen LogP contribution >= 0.6 is 0 Å². The van der Waals surface area contributed by atoms with E-state index in [2.05, 4.69) is 76.7 Å². The highest BCUT2D eigenvalue weighted by Gasteiger charge is 2.37. The molecule has 10 heteroatoms. The molecule has 1 saturated carbocycles. The summed E-state index contributed by atoms with van der Waals surface area (Å²) in [6.07, 6.45) is 4.30. The third-order valence-corrected chi connectivity index (χ3v) is 9.54. The van der Waals surface area contributed by atoms with E-state index in [4.69, 9.17) is 19.4 Å². The molecule has 3 heterocycles. The minimum atomic E-state index is -0.237. The van der Waals surface area contributed by atoms with Gasteiger partial charge in [0.1, 0.15) is 11.9 Å². The number of aromatic nitrogens is 2. The summed E-state index contributed by atoms with van der Waals surface area (Å²) in [5, 5.41) is 12.0. The highest BCUT2D eigenvalue weighted by Crippen LogP contribution is 2.36. The first kappa shape index (κ1) is 30.8. The van der Waals surface area contributed by atoms with E-state index in [0.717, 1.165) is 62.6 Å². The van der Waals surface area contributed by atoms with Crippen LogP contribution in [0.3, 0.4) is 0 Å². The van der Waals surface area contributed by atoms with Gasteiger partial charge in [0.25, 0.3) is 0 Å². The standard InChI is InChI=1S/C35H43N7O3/c1-4-33(43)42-18-17-41(23-26(42)13-15-36)34-30-14-16-40(32-12-8-10-25-9-6-7-11-29(25)32)24-31(30)37-35(38-34)45-28-21-27(22-28)39(5-2)19-20-44-3/h4,6-12,26-28H,1,5,13-14,16-24H2,2-3H3/t26-,27?,28?/m0/s1. The predicted octanol–water partition coefficient (Wildman–Crippen LogP) is 4.19. The van der Waals surface area contributed by atoms with Crippen molar-refractivity contribution < 1.29 is 14.3 Å². The quantitative estimate of drug-likeness (QED) is 0.297. The molecule has 0 N–H and O–H groups in total. The summed E-state index contributed by atoms with van der Waals surface area (Å²) in [6.45, 7) is 11.6. The summed E-state index contributed by atoms with van der Waals surface area (Å²) in [4.78, 5) is 31.5. The molecule has 10 nitrogen and oxygen atoms in total. The van der Waals surface area contributed by atoms with Crippen LogP contribution in [0.5, 0.6) is 6.01 Å². The Morgan fingerprint density at radius 1 is 1.13 bits per heavy atom. The average Bonchev–Trinajstić information content (AvgIpc) is 3.06. The van der Waals surface area contributed by atoms with Gasteiger partial charge in [-0.1, -0.05) is 49.9 Å². The van der Waals surface area contributed by atoms with Gasteiger partial charge in [-0.3, -0.25) is 9.69 Å². The Morgan fingerprint density at radius 2 is 1.96 bits per heavy atom. The van der Waals surface area contributed by atoms with Crippen molar-refractivity contribution in [3.63, 3.8) is 0 Å². The van der Waals surface area contributed by atoms with E-state index in [9.17, 15) is 10.1 Å². The number of carbonyl (C=O) groups excluding carboxylic acids is 1. The molecule has 0 spiro atoms. The van der Waals surface area contributed by atoms with Gasteiger partial charge in [-0.25, -0.2) is 0 Å². The number of nitriles is 1. The Hall–Kier alpha value is -4.20. The minimum absolute atomic E-state index is 0.0589. The highest BCUT2D eigenvalue weighted by molar-refractivity contribution is 5.94. The van der Waals surface area contributed by atoms with Crippen molar-refractivity contribution >= 4 is 28.2 Å². The van der Waals surface area contributed by atoms with E-state index in [1.807, 2.05) is 0 Å². The third-order valence-electron chi connectivity index (χ3n) is 9.54. The summed E-state index contributed by atoms with van der Waals surface area (Å²) < 4.78 is 11.8. The zero-order chi connectivity index (χ0) is 31.3. The first-order valence-corrected chi connectivity index (χ1v) is 16.1. The molecule has 2 fully saturated rings. The summed E-state index contributed by atoms with van der Waals surface area (Å²) in [7, 11) is 1.74. The second kappa shape index (κ2) is 13.8. The summed E-state index contributed by atoms with van der Waals surface area (Å²) in [5.74, 6) is 0.730. The molecule has 0 radical (unpaired) electrons. The predicted molar refractivity (Wildman–Crippen MR) is 175 cm³/mol. The van der Waals surface area contributed by atoms with Crippen LogP contribution in [-0.4, -0.2) is 96.8 Å². The van der Waals surface area contributed by atoms with Gasteiger partial charge in [-0.05, 0) is 30.5 Å². The maximum absolute atomic E-state index is 12.6. The number of fused-ring (bicyclic) bond motifs is 2. The van der Waals surface area contributed by atoms with Gasteiger partial charge in [0.2, 0.25) is 5.91 Å². The Kier molecular flexibility index (Phi) is 9.47. The maximum Gasteiger partial charge on any atom is 0.318 e. The molecular formula is C35H43N7O3. The van der Waals surface area contributed by atoms with Crippen molar-refractivity contribution in [1.29, 1.82) is 5.26 Å². The van der Waals surface area contributed by atoms with E-state index in [1.165, 1.54) is 22.5 Å². The second-order valence-corrected chi connectivity index (χ2v) is 12.1. The van der Waals surface area contributed by atoms with Gasteiger partial charge in [0.15, 0.2) is 0 Å². The first-order chi connectivity index (χ1) is 22.0. The summed E-state index contributed by atoms with van der Waals surface area (Å²) >= 11 is 0. The van der Waals surface area contributed by atoms with Gasteiger partial charge in [0, 0.05) is 75.4 Å². The van der Waals surface area contributed by atoms with Crippen LogP contribution in [0.2, 0.25) is 0 Å². The van der Waals surface area contributed by atoms with Crippen LogP contribution in [0.25, 0.3) is 10.8 Å². The smallest absolute Gasteiger partial charge is 0.318 e. The van der Waals surface area contributed by atoms with E-state index >= 15 is 0 Å². The number of piperazine rings is 1. The lowest BCUT2D eigenvalue weighted by molar-refractivity contribution is -0.128. The number of likely N-dealkylation sites (N-methyl/N-ethyl adjacent to an activating group) is 1. The highest BCUT2D eigenvalue weighted by atomic mass is 16.5. The van der Waals surface area contributed by atoms with Crippen molar-refractivity contribution in [3.8, 4) is 12.1 Å². The Labute approximate surface area is 265 Å². The van der Waals surface area contributed by atoms with Gasteiger partial charge < -0.3 is 24.2 Å². The fourth-order valence-electron chi connectivity index (χ4n) is 7.02. The molecule has 1 atom stereocenters. The molecule has 236 valence electrons. The van der Waals surface area contributed by atoms with Crippen LogP contribution in [0.15, 0.2) is 55.1 Å². The molecular weight excluding hydrogens is 566 g/mol. The van der Waals surface area contributed by atoms with Crippen molar-refractivity contribution in [2.75, 3.05) is 62.8 Å². The Morgan fingerprint density at radius 3 is 2.73 bits per heavy atom. The number of carbonyl (C=O) groups is 1. The Bertz CT molecular complexity index is 1560. The molecule has 6 rings (SSSR count). The van der Waals surface area contributed by atoms with Crippen LogP contribution in [0.4, 0.5) is 11.5 Å². The molecule has 0 bridgehead atoms. The number of anilines is 2. The molecule has 3 aliphatic rings. The van der Waals surface area contributed by atoms with Crippen molar-refractivity contribution in [2.45, 2.75) is 57.3 Å². The molecule has 1 saturated heterocycles. The van der Waals surface area contributed by atoms with E-state index in [-0.39, 0.29) is 24.5 Å². The second-order valence-electron chi connectivity index (χ2n) is 12.1. The third kappa shape index (κ3) is 6.46. The van der Waals surface area contributed by atoms with Crippen molar-refractivity contribution in [3.05, 3.63) is 66.4 Å². The molecule has 3 aromatic rings. The normalized spacial score (nSPS) is 21.3. The SMILES string of the molecule is C=CC(=O)N1CCN(c2nc(OC3CC(N(CC)CCOC)C3)nc3c2CCN(c2cccc4ccccc24)C3)C[C@@H]1CC#N. The molecule has 45 heavy (non-hydrogen) atoms. The molecule has 2 aliphatic heterocycles. The Balaban J connectivity index is 1.28. The van der Waals surface area contributed by atoms with Crippen LogP contribution in [-0.2, 0) is 22.5 Å². The molecule has 2 aromatic carbocycles. The number of hydrogen-bond acceptors (Lipinski definition) is 9. The monoisotopic (exact) mass is 609 g/mol. The number of methoxy groups -OCH3 is 1. The van der Waals surface area contributed by atoms with Crippen molar-refractivity contribution in [2.24, 2.45) is 0 Å². The first-order valence-electron chi connectivity index (χ1n) is 16.1. The zero-order valence-electron chi connectivity index (χ0n) is 26.4. The fourth-order valence-corrected chi connectivity index (χ4v) is 7.02.